The molecular formula is C19H23NO3. The van der Waals surface area contributed by atoms with E-state index in [2.05, 4.69) is 6.92 Å². The van der Waals surface area contributed by atoms with E-state index in [0.29, 0.717) is 30.0 Å². The molecule has 0 aliphatic carbocycles. The van der Waals surface area contributed by atoms with E-state index in [9.17, 15) is 10.3 Å². The number of aryl methyl sites for hydroxylation is 1. The lowest BCUT2D eigenvalue weighted by Crippen LogP contribution is -2.44. The number of aliphatic hydroxyl groups is 1. The quantitative estimate of drug-likeness (QED) is 0.685. The van der Waals surface area contributed by atoms with Crippen molar-refractivity contribution in [3.63, 3.8) is 0 Å². The van der Waals surface area contributed by atoms with E-state index in [4.69, 9.17) is 4.74 Å². The van der Waals surface area contributed by atoms with Crippen LogP contribution in [0.2, 0.25) is 0 Å². The molecule has 2 aromatic rings. The van der Waals surface area contributed by atoms with Crippen LogP contribution in [0, 0.1) is 10.6 Å². The summed E-state index contributed by atoms with van der Waals surface area (Å²) < 4.78 is 6.70. The Bertz CT molecular complexity index is 726. The highest BCUT2D eigenvalue weighted by atomic mass is 16.5. The molecule has 23 heavy (non-hydrogen) atoms. The van der Waals surface area contributed by atoms with Gasteiger partial charge in [0.05, 0.1) is 6.61 Å². The Morgan fingerprint density at radius 1 is 1.26 bits per heavy atom. The summed E-state index contributed by atoms with van der Waals surface area (Å²) in [7, 11) is 0. The summed E-state index contributed by atoms with van der Waals surface area (Å²) >= 11 is 0. The minimum Gasteiger partial charge on any atom is -0.618 e. The van der Waals surface area contributed by atoms with E-state index < -0.39 is 5.60 Å². The van der Waals surface area contributed by atoms with Gasteiger partial charge < -0.3 is 15.1 Å². The van der Waals surface area contributed by atoms with E-state index in [1.807, 2.05) is 32.0 Å². The topological polar surface area (TPSA) is 56.4 Å². The van der Waals surface area contributed by atoms with Gasteiger partial charge in [0.15, 0.2) is 11.8 Å². The van der Waals surface area contributed by atoms with Crippen molar-refractivity contribution in [2.45, 2.75) is 39.2 Å². The number of aromatic nitrogens is 1. The molecule has 2 heterocycles. The second-order valence-corrected chi connectivity index (χ2v) is 7.09. The summed E-state index contributed by atoms with van der Waals surface area (Å²) in [5.74, 6) is 0.652. The van der Waals surface area contributed by atoms with Gasteiger partial charge in [-0.1, -0.05) is 26.8 Å². The van der Waals surface area contributed by atoms with E-state index >= 15 is 0 Å². The van der Waals surface area contributed by atoms with Gasteiger partial charge in [0.1, 0.15) is 5.75 Å². The van der Waals surface area contributed by atoms with Crippen LogP contribution in [0.3, 0.4) is 0 Å². The molecule has 0 bridgehead atoms. The molecule has 0 fully saturated rings. The third-order valence-electron chi connectivity index (χ3n) is 4.50. The van der Waals surface area contributed by atoms with Crippen LogP contribution >= 0.6 is 0 Å². The lowest BCUT2D eigenvalue weighted by atomic mass is 9.76. The molecule has 1 atom stereocenters. The van der Waals surface area contributed by atoms with Gasteiger partial charge in [-0.25, -0.2) is 0 Å². The minimum atomic E-state index is -1.37. The molecule has 122 valence electrons. The average molecular weight is 313 g/mol. The number of fused-ring (bicyclic) bond motifs is 1. The maximum absolute atomic E-state index is 12.3. The number of benzene rings is 1. The summed E-state index contributed by atoms with van der Waals surface area (Å²) in [6.45, 7) is 6.66. The maximum atomic E-state index is 12.3. The minimum absolute atomic E-state index is 0.261. The zero-order valence-electron chi connectivity index (χ0n) is 13.9. The zero-order valence-corrected chi connectivity index (χ0v) is 13.9. The van der Waals surface area contributed by atoms with Crippen molar-refractivity contribution >= 4 is 0 Å². The standard InChI is InChI=1S/C19H23NO3/c1-4-14-8-9-16-15(11-14)19(21,12-18(2,3)13-23-16)17-7-5-6-10-20(17)22/h5-11,21H,4,12-13H2,1-3H3. The maximum Gasteiger partial charge on any atom is 0.229 e. The molecule has 1 aliphatic rings. The highest BCUT2D eigenvalue weighted by Gasteiger charge is 2.47. The highest BCUT2D eigenvalue weighted by molar-refractivity contribution is 5.45. The smallest absolute Gasteiger partial charge is 0.229 e. The fourth-order valence-corrected chi connectivity index (χ4v) is 3.34. The van der Waals surface area contributed by atoms with Gasteiger partial charge in [-0.05, 0) is 36.6 Å². The molecule has 1 aromatic carbocycles. The van der Waals surface area contributed by atoms with Crippen LogP contribution in [0.1, 0.15) is 44.0 Å². The fourth-order valence-electron chi connectivity index (χ4n) is 3.34. The number of nitrogens with zero attached hydrogens (tertiary/aromatic N) is 1. The molecule has 3 rings (SSSR count). The van der Waals surface area contributed by atoms with Crippen molar-refractivity contribution in [3.05, 3.63) is 64.6 Å². The van der Waals surface area contributed by atoms with Gasteiger partial charge in [-0.15, -0.1) is 0 Å². The summed E-state index contributed by atoms with van der Waals surface area (Å²) in [6.07, 6.45) is 2.71. The van der Waals surface area contributed by atoms with E-state index in [1.165, 1.54) is 6.20 Å². The van der Waals surface area contributed by atoms with Crippen molar-refractivity contribution in [2.24, 2.45) is 5.41 Å². The highest BCUT2D eigenvalue weighted by Crippen LogP contribution is 2.46. The Labute approximate surface area is 136 Å². The zero-order chi connectivity index (χ0) is 16.7. The predicted octanol–water partition coefficient (Wildman–Crippen LogP) is 2.93. The van der Waals surface area contributed by atoms with Gasteiger partial charge in [0.25, 0.3) is 0 Å². The number of ether oxygens (including phenoxy) is 1. The Morgan fingerprint density at radius 3 is 2.74 bits per heavy atom. The van der Waals surface area contributed by atoms with E-state index in [-0.39, 0.29) is 5.41 Å². The van der Waals surface area contributed by atoms with Gasteiger partial charge in [0.2, 0.25) is 5.69 Å². The predicted molar refractivity (Wildman–Crippen MR) is 88.1 cm³/mol. The van der Waals surface area contributed by atoms with Crippen LogP contribution in [-0.4, -0.2) is 11.7 Å². The van der Waals surface area contributed by atoms with Crippen molar-refractivity contribution in [1.82, 2.24) is 0 Å². The first-order valence-corrected chi connectivity index (χ1v) is 8.03. The van der Waals surface area contributed by atoms with E-state index in [1.54, 1.807) is 18.2 Å². The molecule has 0 amide bonds. The summed E-state index contributed by atoms with van der Waals surface area (Å²) in [5.41, 5.74) is 0.497. The van der Waals surface area contributed by atoms with E-state index in [0.717, 1.165) is 16.7 Å². The first kappa shape index (κ1) is 15.8. The van der Waals surface area contributed by atoms with Crippen LogP contribution in [0.5, 0.6) is 5.75 Å². The second-order valence-electron chi connectivity index (χ2n) is 7.09. The third kappa shape index (κ3) is 2.79. The first-order valence-electron chi connectivity index (χ1n) is 8.03. The average Bonchev–Trinajstić information content (AvgIpc) is 2.62. The molecule has 0 radical (unpaired) electrons. The molecule has 1 aromatic heterocycles. The molecule has 1 unspecified atom stereocenters. The molecule has 0 saturated carbocycles. The lowest BCUT2D eigenvalue weighted by Gasteiger charge is -2.31. The van der Waals surface area contributed by atoms with Crippen LogP contribution < -0.4 is 9.47 Å². The largest absolute Gasteiger partial charge is 0.618 e. The monoisotopic (exact) mass is 313 g/mol. The molecule has 4 heteroatoms. The summed E-state index contributed by atoms with van der Waals surface area (Å²) in [6, 6.07) is 11.0. The molecule has 0 spiro atoms. The van der Waals surface area contributed by atoms with Crippen molar-refractivity contribution in [2.75, 3.05) is 6.61 Å². The lowest BCUT2D eigenvalue weighted by molar-refractivity contribution is -0.622. The van der Waals surface area contributed by atoms with Crippen LogP contribution in [0.4, 0.5) is 0 Å². The Kier molecular flexibility index (Phi) is 3.80. The van der Waals surface area contributed by atoms with Crippen LogP contribution in [0.25, 0.3) is 0 Å². The third-order valence-corrected chi connectivity index (χ3v) is 4.50. The number of pyridine rings is 1. The SMILES string of the molecule is CCc1ccc2c(c1)C(O)(c1cccc[n+]1[O-])CC(C)(C)CO2. The van der Waals surface area contributed by atoms with Crippen LogP contribution in [0.15, 0.2) is 42.6 Å². The van der Waals surface area contributed by atoms with Gasteiger partial charge in [-0.2, -0.15) is 4.73 Å². The number of hydrogen-bond acceptors (Lipinski definition) is 3. The molecular weight excluding hydrogens is 290 g/mol. The molecule has 1 aliphatic heterocycles. The van der Waals surface area contributed by atoms with Gasteiger partial charge in [-0.3, -0.25) is 0 Å². The Hall–Kier alpha value is -2.07. The summed E-state index contributed by atoms with van der Waals surface area (Å²) in [5, 5.41) is 23.9. The number of hydrogen-bond donors (Lipinski definition) is 1. The van der Waals surface area contributed by atoms with Crippen molar-refractivity contribution in [1.29, 1.82) is 0 Å². The normalized spacial score (nSPS) is 22.8. The second kappa shape index (κ2) is 5.53. The van der Waals surface area contributed by atoms with Gasteiger partial charge >= 0.3 is 0 Å². The van der Waals surface area contributed by atoms with Crippen molar-refractivity contribution in [3.8, 4) is 5.75 Å². The Balaban J connectivity index is 2.26. The molecule has 1 N–H and O–H groups in total. The molecule has 0 saturated heterocycles. The number of rotatable bonds is 2. The Morgan fingerprint density at radius 2 is 2.04 bits per heavy atom. The first-order chi connectivity index (χ1) is 10.9. The van der Waals surface area contributed by atoms with Crippen molar-refractivity contribution < 1.29 is 14.6 Å². The molecule has 4 nitrogen and oxygen atoms in total. The van der Waals surface area contributed by atoms with Crippen LogP contribution in [-0.2, 0) is 12.0 Å². The fraction of sp³-hybridized carbons (Fsp3) is 0.421. The van der Waals surface area contributed by atoms with Gasteiger partial charge in [0, 0.05) is 23.1 Å². The summed E-state index contributed by atoms with van der Waals surface area (Å²) in [4.78, 5) is 0.